The number of carbonyl (C=O) groups is 1. The monoisotopic (exact) mass is 209 g/mol. The minimum absolute atomic E-state index is 0.0708. The van der Waals surface area contributed by atoms with Gasteiger partial charge in [0.1, 0.15) is 0 Å². The quantitative estimate of drug-likeness (QED) is 0.722. The Morgan fingerprint density at radius 2 is 2.27 bits per heavy atom. The van der Waals surface area contributed by atoms with Crippen molar-refractivity contribution in [3.63, 3.8) is 0 Å². The van der Waals surface area contributed by atoms with Gasteiger partial charge in [-0.1, -0.05) is 12.8 Å². The first kappa shape index (κ1) is 12.0. The zero-order chi connectivity index (χ0) is 11.3. The number of hydrogen-bond acceptors (Lipinski definition) is 3. The Bertz CT molecular complexity index is 259. The Balaban J connectivity index is 2.41. The van der Waals surface area contributed by atoms with Crippen LogP contribution in [-0.2, 0) is 4.79 Å². The van der Waals surface area contributed by atoms with Gasteiger partial charge in [-0.05, 0) is 19.8 Å². The molecule has 1 aliphatic rings. The molecule has 0 heterocycles. The molecule has 1 rings (SSSR count). The van der Waals surface area contributed by atoms with Gasteiger partial charge in [0, 0.05) is 18.5 Å². The van der Waals surface area contributed by atoms with Crippen molar-refractivity contribution in [3.8, 4) is 6.07 Å². The molecule has 0 bridgehead atoms. The van der Waals surface area contributed by atoms with Crippen LogP contribution in [0.3, 0.4) is 0 Å². The zero-order valence-corrected chi connectivity index (χ0v) is 9.20. The molecule has 1 fully saturated rings. The first-order valence-corrected chi connectivity index (χ1v) is 5.57. The Labute approximate surface area is 90.8 Å². The first-order valence-electron chi connectivity index (χ1n) is 5.57. The molecule has 3 N–H and O–H groups in total. The van der Waals surface area contributed by atoms with Crippen LogP contribution in [0.5, 0.6) is 0 Å². The fraction of sp³-hybridized carbons (Fsp3) is 0.818. The average Bonchev–Trinajstić information content (AvgIpc) is 2.17. The lowest BCUT2D eigenvalue weighted by atomic mass is 9.85. The van der Waals surface area contributed by atoms with Crippen molar-refractivity contribution in [1.82, 2.24) is 5.32 Å². The highest BCUT2D eigenvalue weighted by atomic mass is 16.1. The summed E-state index contributed by atoms with van der Waals surface area (Å²) in [7, 11) is 0. The van der Waals surface area contributed by atoms with Crippen molar-refractivity contribution in [2.75, 3.05) is 0 Å². The molecular formula is C11H19N3O. The maximum Gasteiger partial charge on any atom is 0.218 e. The zero-order valence-electron chi connectivity index (χ0n) is 9.20. The van der Waals surface area contributed by atoms with E-state index in [0.717, 1.165) is 19.3 Å². The second-order valence-corrected chi connectivity index (χ2v) is 4.36. The van der Waals surface area contributed by atoms with E-state index in [2.05, 4.69) is 11.4 Å². The molecular weight excluding hydrogens is 190 g/mol. The van der Waals surface area contributed by atoms with Crippen LogP contribution in [0.1, 0.15) is 39.0 Å². The average molecular weight is 209 g/mol. The summed E-state index contributed by atoms with van der Waals surface area (Å²) in [5.41, 5.74) is 5.12. The van der Waals surface area contributed by atoms with Gasteiger partial charge < -0.3 is 11.1 Å². The molecule has 1 saturated carbocycles. The maximum atomic E-state index is 10.7. The third-order valence-corrected chi connectivity index (χ3v) is 2.94. The predicted octanol–water partition coefficient (Wildman–Crippen LogP) is 0.922. The van der Waals surface area contributed by atoms with Crippen LogP contribution in [0.15, 0.2) is 0 Å². The number of carbonyl (C=O) groups excluding carboxylic acids is 1. The molecule has 0 aromatic carbocycles. The summed E-state index contributed by atoms with van der Waals surface area (Å²) in [6.07, 6.45) is 4.65. The molecule has 0 aliphatic heterocycles. The van der Waals surface area contributed by atoms with Gasteiger partial charge in [0.2, 0.25) is 5.91 Å². The lowest BCUT2D eigenvalue weighted by Crippen LogP contribution is -2.44. The van der Waals surface area contributed by atoms with Gasteiger partial charge in [0.15, 0.2) is 0 Å². The summed E-state index contributed by atoms with van der Waals surface area (Å²) in [4.78, 5) is 10.7. The molecule has 15 heavy (non-hydrogen) atoms. The fourth-order valence-electron chi connectivity index (χ4n) is 2.21. The van der Waals surface area contributed by atoms with Gasteiger partial charge in [-0.25, -0.2) is 0 Å². The number of hydrogen-bond donors (Lipinski definition) is 2. The van der Waals surface area contributed by atoms with Crippen LogP contribution in [0.2, 0.25) is 0 Å². The molecule has 4 heteroatoms. The van der Waals surface area contributed by atoms with Crippen LogP contribution >= 0.6 is 0 Å². The molecule has 3 atom stereocenters. The summed E-state index contributed by atoms with van der Waals surface area (Å²) >= 11 is 0. The minimum Gasteiger partial charge on any atom is -0.370 e. The highest BCUT2D eigenvalue weighted by Gasteiger charge is 2.25. The van der Waals surface area contributed by atoms with Crippen LogP contribution in [0, 0.1) is 17.2 Å². The molecule has 1 aliphatic carbocycles. The first-order chi connectivity index (χ1) is 7.13. The number of amides is 1. The van der Waals surface area contributed by atoms with Crippen LogP contribution in [0.25, 0.3) is 0 Å². The second kappa shape index (κ2) is 5.72. The molecule has 3 unspecified atom stereocenters. The van der Waals surface area contributed by atoms with Gasteiger partial charge >= 0.3 is 0 Å². The van der Waals surface area contributed by atoms with E-state index in [-0.39, 0.29) is 23.9 Å². The standard InChI is InChI=1S/C11H19N3O/c1-8(6-11(13)15)14-10-5-3-2-4-9(10)7-12/h8-10,14H,2-6H2,1H3,(H2,13,15). The van der Waals surface area contributed by atoms with Crippen molar-refractivity contribution in [3.05, 3.63) is 0 Å². The van der Waals surface area contributed by atoms with E-state index in [4.69, 9.17) is 11.0 Å². The topological polar surface area (TPSA) is 78.9 Å². The van der Waals surface area contributed by atoms with E-state index in [0.29, 0.717) is 6.42 Å². The minimum atomic E-state index is -0.292. The third kappa shape index (κ3) is 3.88. The van der Waals surface area contributed by atoms with Gasteiger partial charge in [0.25, 0.3) is 0 Å². The van der Waals surface area contributed by atoms with E-state index in [1.54, 1.807) is 0 Å². The lowest BCUT2D eigenvalue weighted by Gasteiger charge is -2.30. The van der Waals surface area contributed by atoms with E-state index in [9.17, 15) is 4.79 Å². The Hall–Kier alpha value is -1.08. The number of nitrogens with zero attached hydrogens (tertiary/aromatic N) is 1. The van der Waals surface area contributed by atoms with E-state index in [1.165, 1.54) is 6.42 Å². The van der Waals surface area contributed by atoms with Crippen molar-refractivity contribution in [2.45, 2.75) is 51.1 Å². The second-order valence-electron chi connectivity index (χ2n) is 4.36. The number of nitriles is 1. The lowest BCUT2D eigenvalue weighted by molar-refractivity contribution is -0.118. The van der Waals surface area contributed by atoms with E-state index >= 15 is 0 Å². The van der Waals surface area contributed by atoms with Crippen molar-refractivity contribution >= 4 is 5.91 Å². The summed E-state index contributed by atoms with van der Waals surface area (Å²) in [5.74, 6) is -0.201. The Kier molecular flexibility index (Phi) is 4.57. The number of primary amides is 1. The SMILES string of the molecule is CC(CC(N)=O)NC1CCCCC1C#N. The van der Waals surface area contributed by atoms with Gasteiger partial charge in [-0.2, -0.15) is 5.26 Å². The molecule has 84 valence electrons. The van der Waals surface area contributed by atoms with Gasteiger partial charge in [-0.3, -0.25) is 4.79 Å². The summed E-state index contributed by atoms with van der Waals surface area (Å²) in [6, 6.07) is 2.64. The number of nitrogens with one attached hydrogen (secondary N) is 1. The Morgan fingerprint density at radius 3 is 2.87 bits per heavy atom. The molecule has 0 aromatic rings. The summed E-state index contributed by atoms with van der Waals surface area (Å²) < 4.78 is 0. The molecule has 0 spiro atoms. The molecule has 4 nitrogen and oxygen atoms in total. The molecule has 0 radical (unpaired) electrons. The van der Waals surface area contributed by atoms with Crippen LogP contribution in [0.4, 0.5) is 0 Å². The van der Waals surface area contributed by atoms with E-state index in [1.807, 2.05) is 6.92 Å². The van der Waals surface area contributed by atoms with E-state index < -0.39 is 0 Å². The van der Waals surface area contributed by atoms with Crippen molar-refractivity contribution in [1.29, 1.82) is 5.26 Å². The molecule has 0 saturated heterocycles. The third-order valence-electron chi connectivity index (χ3n) is 2.94. The highest BCUT2D eigenvalue weighted by molar-refractivity contribution is 5.74. The molecule has 0 aromatic heterocycles. The van der Waals surface area contributed by atoms with Gasteiger partial charge in [-0.15, -0.1) is 0 Å². The van der Waals surface area contributed by atoms with Crippen molar-refractivity contribution < 1.29 is 4.79 Å². The number of rotatable bonds is 4. The smallest absolute Gasteiger partial charge is 0.218 e. The maximum absolute atomic E-state index is 10.7. The normalized spacial score (nSPS) is 28.0. The summed E-state index contributed by atoms with van der Waals surface area (Å²) in [6.45, 7) is 1.94. The highest BCUT2D eigenvalue weighted by Crippen LogP contribution is 2.24. The fourth-order valence-corrected chi connectivity index (χ4v) is 2.21. The largest absolute Gasteiger partial charge is 0.370 e. The summed E-state index contributed by atoms with van der Waals surface area (Å²) in [5, 5.41) is 12.3. The van der Waals surface area contributed by atoms with Crippen LogP contribution < -0.4 is 11.1 Å². The van der Waals surface area contributed by atoms with Crippen molar-refractivity contribution in [2.24, 2.45) is 11.7 Å². The molecule has 1 amide bonds. The Morgan fingerprint density at radius 1 is 1.60 bits per heavy atom. The predicted molar refractivity (Wildman–Crippen MR) is 57.8 cm³/mol. The van der Waals surface area contributed by atoms with Crippen LogP contribution in [-0.4, -0.2) is 18.0 Å². The number of nitrogens with two attached hydrogens (primary N) is 1. The van der Waals surface area contributed by atoms with Gasteiger partial charge in [0.05, 0.1) is 12.0 Å².